The number of hydrogen-bond donors (Lipinski definition) is 0. The van der Waals surface area contributed by atoms with Gasteiger partial charge in [-0.2, -0.15) is 0 Å². The summed E-state index contributed by atoms with van der Waals surface area (Å²) in [6.45, 7) is 2.59. The molecule has 0 aliphatic rings. The van der Waals surface area contributed by atoms with Crippen LogP contribution in [0.5, 0.6) is 0 Å². The third-order valence-electron chi connectivity index (χ3n) is 3.21. The number of ether oxygens (including phenoxy) is 2. The number of rotatable bonds is 5. The summed E-state index contributed by atoms with van der Waals surface area (Å²) >= 11 is 5.94. The zero-order valence-electron chi connectivity index (χ0n) is 11.7. The first kappa shape index (κ1) is 14.8. The molecule has 0 aliphatic carbocycles. The van der Waals surface area contributed by atoms with Crippen LogP contribution in [-0.4, -0.2) is 35.8 Å². The zero-order chi connectivity index (χ0) is 14.7. The number of methoxy groups -OCH3 is 2. The summed E-state index contributed by atoms with van der Waals surface area (Å²) in [4.78, 5) is 16.1. The number of esters is 1. The van der Waals surface area contributed by atoms with E-state index in [-0.39, 0.29) is 12.1 Å². The minimum absolute atomic E-state index is 0.0242. The predicted molar refractivity (Wildman–Crippen MR) is 77.1 cm³/mol. The van der Waals surface area contributed by atoms with Gasteiger partial charge < -0.3 is 14.0 Å². The quantitative estimate of drug-likeness (QED) is 0.628. The highest BCUT2D eigenvalue weighted by molar-refractivity contribution is 6.16. The number of benzene rings is 1. The van der Waals surface area contributed by atoms with Gasteiger partial charge in [-0.15, -0.1) is 11.6 Å². The number of halogens is 1. The number of fused-ring (bicyclic) bond motifs is 1. The summed E-state index contributed by atoms with van der Waals surface area (Å²) in [5.41, 5.74) is 2.15. The largest absolute Gasteiger partial charge is 0.465 e. The second kappa shape index (κ2) is 6.24. The molecule has 0 fully saturated rings. The second-order valence-corrected chi connectivity index (χ2v) is 4.78. The van der Waals surface area contributed by atoms with Crippen molar-refractivity contribution in [1.29, 1.82) is 0 Å². The lowest BCUT2D eigenvalue weighted by Gasteiger charge is -2.13. The number of carbonyl (C=O) groups excluding carboxylic acids is 1. The van der Waals surface area contributed by atoms with Gasteiger partial charge in [0, 0.05) is 7.11 Å². The van der Waals surface area contributed by atoms with E-state index in [0.29, 0.717) is 18.0 Å². The highest BCUT2D eigenvalue weighted by Gasteiger charge is 2.15. The first-order valence-electron chi connectivity index (χ1n) is 6.27. The topological polar surface area (TPSA) is 53.3 Å². The van der Waals surface area contributed by atoms with Gasteiger partial charge in [0.2, 0.25) is 0 Å². The summed E-state index contributed by atoms with van der Waals surface area (Å²) < 4.78 is 12.0. The molecule has 0 spiro atoms. The molecule has 2 aromatic rings. The molecule has 0 saturated heterocycles. The highest BCUT2D eigenvalue weighted by atomic mass is 35.5. The van der Waals surface area contributed by atoms with E-state index in [0.717, 1.165) is 16.9 Å². The minimum atomic E-state index is -0.369. The summed E-state index contributed by atoms with van der Waals surface area (Å²) in [6, 6.07) is 5.27. The summed E-state index contributed by atoms with van der Waals surface area (Å²) in [7, 11) is 3.02. The molecule has 20 heavy (non-hydrogen) atoms. The van der Waals surface area contributed by atoms with Crippen LogP contribution in [0.3, 0.4) is 0 Å². The molecule has 0 bridgehead atoms. The van der Waals surface area contributed by atoms with Crippen molar-refractivity contribution in [2.45, 2.75) is 25.5 Å². The number of nitrogens with zero attached hydrogens (tertiary/aromatic N) is 2. The van der Waals surface area contributed by atoms with Gasteiger partial charge in [-0.3, -0.25) is 0 Å². The van der Waals surface area contributed by atoms with Gasteiger partial charge in [-0.25, -0.2) is 9.78 Å². The molecule has 0 amide bonds. The third-order valence-corrected chi connectivity index (χ3v) is 3.45. The standard InChI is InChI=1S/C14H17ClN2O3/c1-9(19-2)8-17-12-6-10(14(18)20-3)4-5-11(12)16-13(17)7-15/h4-6,9H,7-8H2,1-3H3/t9-/m1/s1. The van der Waals surface area contributed by atoms with E-state index in [2.05, 4.69) is 4.98 Å². The van der Waals surface area contributed by atoms with Gasteiger partial charge in [0.25, 0.3) is 0 Å². The van der Waals surface area contributed by atoms with Crippen molar-refractivity contribution in [3.8, 4) is 0 Å². The van der Waals surface area contributed by atoms with Gasteiger partial charge >= 0.3 is 5.97 Å². The number of imidazole rings is 1. The molecular weight excluding hydrogens is 280 g/mol. The summed E-state index contributed by atoms with van der Waals surface area (Å²) in [6.07, 6.45) is 0.0242. The van der Waals surface area contributed by atoms with E-state index in [1.807, 2.05) is 11.5 Å². The number of alkyl halides is 1. The second-order valence-electron chi connectivity index (χ2n) is 4.51. The van der Waals surface area contributed by atoms with E-state index >= 15 is 0 Å². The SMILES string of the molecule is COC(=O)c1ccc2nc(CCl)n(C[C@@H](C)OC)c2c1. The fraction of sp³-hybridized carbons (Fsp3) is 0.429. The van der Waals surface area contributed by atoms with Crippen molar-refractivity contribution in [3.05, 3.63) is 29.6 Å². The molecule has 108 valence electrons. The number of hydrogen-bond acceptors (Lipinski definition) is 4. The first-order valence-corrected chi connectivity index (χ1v) is 6.80. The van der Waals surface area contributed by atoms with Crippen LogP contribution in [-0.2, 0) is 21.9 Å². The molecule has 0 N–H and O–H groups in total. The van der Waals surface area contributed by atoms with Crippen LogP contribution in [0, 0.1) is 0 Å². The van der Waals surface area contributed by atoms with Gasteiger partial charge in [-0.05, 0) is 25.1 Å². The third kappa shape index (κ3) is 2.78. The number of carbonyl (C=O) groups is 1. The summed E-state index contributed by atoms with van der Waals surface area (Å²) in [5, 5.41) is 0. The van der Waals surface area contributed by atoms with E-state index in [4.69, 9.17) is 21.1 Å². The number of aromatic nitrogens is 2. The Labute approximate surface area is 122 Å². The fourth-order valence-electron chi connectivity index (χ4n) is 2.05. The highest BCUT2D eigenvalue weighted by Crippen LogP contribution is 2.20. The average molecular weight is 297 g/mol. The Kier molecular flexibility index (Phi) is 4.62. The van der Waals surface area contributed by atoms with Crippen molar-refractivity contribution in [1.82, 2.24) is 9.55 Å². The molecule has 0 saturated carbocycles. The molecular formula is C14H17ClN2O3. The predicted octanol–water partition coefficient (Wildman–Crippen LogP) is 2.60. The normalized spacial score (nSPS) is 12.6. The van der Waals surface area contributed by atoms with E-state index < -0.39 is 0 Å². The monoisotopic (exact) mass is 296 g/mol. The van der Waals surface area contributed by atoms with Crippen LogP contribution in [0.1, 0.15) is 23.1 Å². The average Bonchev–Trinajstić information content (AvgIpc) is 2.83. The lowest BCUT2D eigenvalue weighted by molar-refractivity contribution is 0.0601. The Morgan fingerprint density at radius 2 is 2.20 bits per heavy atom. The fourth-order valence-corrected chi connectivity index (χ4v) is 2.26. The molecule has 1 atom stereocenters. The van der Waals surface area contributed by atoms with Gasteiger partial charge in [0.05, 0.1) is 42.2 Å². The van der Waals surface area contributed by atoms with Crippen LogP contribution in [0.25, 0.3) is 11.0 Å². The van der Waals surface area contributed by atoms with Gasteiger partial charge in [-0.1, -0.05) is 0 Å². The van der Waals surface area contributed by atoms with Crippen molar-refractivity contribution in [2.24, 2.45) is 0 Å². The molecule has 0 aliphatic heterocycles. The molecule has 0 unspecified atom stereocenters. The van der Waals surface area contributed by atoms with Crippen molar-refractivity contribution in [2.75, 3.05) is 14.2 Å². The van der Waals surface area contributed by atoms with Crippen LogP contribution >= 0.6 is 11.6 Å². The summed E-state index contributed by atoms with van der Waals surface area (Å²) in [5.74, 6) is 0.693. The lowest BCUT2D eigenvalue weighted by atomic mass is 10.2. The molecule has 0 radical (unpaired) electrons. The van der Waals surface area contributed by atoms with Crippen molar-refractivity contribution < 1.29 is 14.3 Å². The zero-order valence-corrected chi connectivity index (χ0v) is 12.5. The van der Waals surface area contributed by atoms with E-state index in [1.165, 1.54) is 7.11 Å². The Balaban J connectivity index is 2.53. The van der Waals surface area contributed by atoms with Crippen LogP contribution in [0.15, 0.2) is 18.2 Å². The van der Waals surface area contributed by atoms with E-state index in [9.17, 15) is 4.79 Å². The maximum atomic E-state index is 11.6. The Bertz CT molecular complexity index is 624. The smallest absolute Gasteiger partial charge is 0.337 e. The van der Waals surface area contributed by atoms with Crippen LogP contribution in [0.2, 0.25) is 0 Å². The Hall–Kier alpha value is -1.59. The van der Waals surface area contributed by atoms with Crippen LogP contribution in [0.4, 0.5) is 0 Å². The van der Waals surface area contributed by atoms with E-state index in [1.54, 1.807) is 25.3 Å². The van der Waals surface area contributed by atoms with Crippen molar-refractivity contribution in [3.63, 3.8) is 0 Å². The van der Waals surface area contributed by atoms with Crippen molar-refractivity contribution >= 4 is 28.6 Å². The molecule has 1 aromatic carbocycles. The maximum absolute atomic E-state index is 11.6. The van der Waals surface area contributed by atoms with Gasteiger partial charge in [0.15, 0.2) is 0 Å². The molecule has 6 heteroatoms. The molecule has 2 rings (SSSR count). The van der Waals surface area contributed by atoms with Crippen LogP contribution < -0.4 is 0 Å². The molecule has 5 nitrogen and oxygen atoms in total. The molecule has 1 aromatic heterocycles. The first-order chi connectivity index (χ1) is 9.60. The lowest BCUT2D eigenvalue weighted by Crippen LogP contribution is -2.16. The minimum Gasteiger partial charge on any atom is -0.465 e. The Morgan fingerprint density at radius 1 is 1.45 bits per heavy atom. The molecule has 1 heterocycles. The maximum Gasteiger partial charge on any atom is 0.337 e. The van der Waals surface area contributed by atoms with Gasteiger partial charge in [0.1, 0.15) is 5.82 Å². The Morgan fingerprint density at radius 3 is 2.80 bits per heavy atom.